The number of alkyl carbamates (subject to hydrolysis) is 2. The van der Waals surface area contributed by atoms with Crippen molar-refractivity contribution >= 4 is 18.1 Å². The van der Waals surface area contributed by atoms with Crippen molar-refractivity contribution in [1.82, 2.24) is 16.0 Å². The van der Waals surface area contributed by atoms with Crippen LogP contribution in [0.15, 0.2) is 11.6 Å². The lowest BCUT2D eigenvalue weighted by Crippen LogP contribution is -2.56. The Morgan fingerprint density at radius 1 is 1.07 bits per heavy atom. The second-order valence-corrected chi connectivity index (χ2v) is 12.8. The highest BCUT2D eigenvalue weighted by Crippen LogP contribution is 2.59. The van der Waals surface area contributed by atoms with Crippen LogP contribution in [0, 0.1) is 11.8 Å². The highest BCUT2D eigenvalue weighted by atomic mass is 16.6. The Morgan fingerprint density at radius 3 is 2.33 bits per heavy atom. The minimum absolute atomic E-state index is 0.000886. The van der Waals surface area contributed by atoms with E-state index in [1.165, 1.54) is 5.57 Å². The molecular formula is C31H54N4O8. The maximum Gasteiger partial charge on any atom is 0.407 e. The van der Waals surface area contributed by atoms with Gasteiger partial charge in [0, 0.05) is 20.2 Å². The van der Waals surface area contributed by atoms with Gasteiger partial charge in [0.15, 0.2) is 0 Å². The molecule has 3 unspecified atom stereocenters. The first-order chi connectivity index (χ1) is 20.5. The number of hydrogen-bond donors (Lipinski definition) is 4. The van der Waals surface area contributed by atoms with Gasteiger partial charge >= 0.3 is 12.2 Å². The number of nitrogens with two attached hydrogens (primary N) is 1. The summed E-state index contributed by atoms with van der Waals surface area (Å²) in [6.45, 7) is 11.9. The van der Waals surface area contributed by atoms with Crippen molar-refractivity contribution in [3.8, 4) is 0 Å². The van der Waals surface area contributed by atoms with Crippen molar-refractivity contribution < 1.29 is 38.1 Å². The number of amides is 3. The van der Waals surface area contributed by atoms with Gasteiger partial charge in [0.2, 0.25) is 5.91 Å². The van der Waals surface area contributed by atoms with Crippen molar-refractivity contribution in [3.05, 3.63) is 11.6 Å². The van der Waals surface area contributed by atoms with Crippen molar-refractivity contribution in [1.29, 1.82) is 0 Å². The fraction of sp³-hybridized carbons (Fsp3) is 0.839. The predicted molar refractivity (Wildman–Crippen MR) is 161 cm³/mol. The maximum atomic E-state index is 13.1. The summed E-state index contributed by atoms with van der Waals surface area (Å²) in [5.41, 5.74) is 5.80. The number of epoxide rings is 2. The Labute approximate surface area is 256 Å². The second kappa shape index (κ2) is 16.1. The van der Waals surface area contributed by atoms with Crippen LogP contribution in [0.2, 0.25) is 0 Å². The Kier molecular flexibility index (Phi) is 13.1. The quantitative estimate of drug-likeness (QED) is 0.110. The van der Waals surface area contributed by atoms with E-state index in [4.69, 9.17) is 29.4 Å². The van der Waals surface area contributed by atoms with Crippen LogP contribution in [-0.2, 0) is 28.5 Å². The number of carbonyl (C=O) groups excluding carboxylic acids is 3. The number of nitrogens with one attached hydrogen (secondary N) is 3. The van der Waals surface area contributed by atoms with E-state index in [1.807, 2.05) is 13.8 Å². The van der Waals surface area contributed by atoms with Crippen molar-refractivity contribution in [2.45, 2.75) is 115 Å². The molecule has 5 N–H and O–H groups in total. The standard InChI is InChI=1S/C31H54N4O8/c1-20(2)11-12-24-30(5,43-24)27-26(39-6)23(13-14-31(27)19-41-31)42-29(38)35-22(21(3)4)18-40-28(37)34-16-10-8-7-9-15-33-25(36)17-32/h11,21-24,26-27H,7-10,12-19,32H2,1-6H3,(H,33,36)(H,34,37)(H,35,38)/t22-,23?,24+,26?,27?,30-,31-/m0/s1. The molecule has 0 aromatic heterocycles. The fourth-order valence-electron chi connectivity index (χ4n) is 6.10. The van der Waals surface area contributed by atoms with Crippen LogP contribution in [0.5, 0.6) is 0 Å². The molecule has 0 aromatic rings. The normalized spacial score (nSPS) is 29.9. The minimum Gasteiger partial charge on any atom is -0.447 e. The Hall–Kier alpha value is -2.41. The number of ether oxygens (including phenoxy) is 5. The molecule has 3 fully saturated rings. The van der Waals surface area contributed by atoms with E-state index in [9.17, 15) is 14.4 Å². The van der Waals surface area contributed by atoms with Crippen molar-refractivity contribution in [2.75, 3.05) is 40.0 Å². The van der Waals surface area contributed by atoms with Crippen molar-refractivity contribution in [2.24, 2.45) is 17.6 Å². The molecule has 1 aliphatic carbocycles. The van der Waals surface area contributed by atoms with Gasteiger partial charge in [0.1, 0.15) is 30.0 Å². The smallest absolute Gasteiger partial charge is 0.407 e. The zero-order valence-corrected chi connectivity index (χ0v) is 26.9. The van der Waals surface area contributed by atoms with Crippen LogP contribution in [0.4, 0.5) is 9.59 Å². The summed E-state index contributed by atoms with van der Waals surface area (Å²) in [6.07, 6.45) is 6.09. The SMILES string of the molecule is COC1C(OC(=O)N[C@@H](COC(=O)NCCCCCCNC(=O)CN)C(C)C)CC[C@]2(CO2)C1[C@@]1(C)O[C@@H]1CC=C(C)C. The molecule has 246 valence electrons. The molecule has 2 aliphatic heterocycles. The Bertz CT molecular complexity index is 967. The lowest BCUT2D eigenvalue weighted by Gasteiger charge is -2.42. The third-order valence-corrected chi connectivity index (χ3v) is 8.88. The number of carbonyl (C=O) groups is 3. The second-order valence-electron chi connectivity index (χ2n) is 12.8. The predicted octanol–water partition coefficient (Wildman–Crippen LogP) is 3.18. The number of unbranched alkanes of at least 4 members (excludes halogenated alkanes) is 3. The maximum absolute atomic E-state index is 13.1. The molecule has 1 spiro atoms. The molecule has 1 saturated carbocycles. The summed E-state index contributed by atoms with van der Waals surface area (Å²) in [7, 11) is 1.65. The molecule has 3 amide bonds. The largest absolute Gasteiger partial charge is 0.447 e. The lowest BCUT2D eigenvalue weighted by molar-refractivity contribution is -0.119. The summed E-state index contributed by atoms with van der Waals surface area (Å²) >= 11 is 0. The van der Waals surface area contributed by atoms with Crippen LogP contribution < -0.4 is 21.7 Å². The van der Waals surface area contributed by atoms with E-state index >= 15 is 0 Å². The molecule has 2 heterocycles. The zero-order chi connectivity index (χ0) is 31.6. The molecule has 3 aliphatic rings. The third-order valence-electron chi connectivity index (χ3n) is 8.88. The Balaban J connectivity index is 1.42. The summed E-state index contributed by atoms with van der Waals surface area (Å²) in [5.74, 6) is -0.204. The van der Waals surface area contributed by atoms with E-state index < -0.39 is 29.9 Å². The molecule has 0 aromatic carbocycles. The van der Waals surface area contributed by atoms with Crippen LogP contribution in [0.25, 0.3) is 0 Å². The van der Waals surface area contributed by atoms with Gasteiger partial charge in [-0.15, -0.1) is 0 Å². The molecule has 12 heteroatoms. The average Bonchev–Trinajstić information content (AvgIpc) is 3.88. The minimum atomic E-state index is -0.563. The first-order valence-electron chi connectivity index (χ1n) is 15.8. The summed E-state index contributed by atoms with van der Waals surface area (Å²) in [6, 6.07) is -0.418. The molecule has 12 nitrogen and oxygen atoms in total. The van der Waals surface area contributed by atoms with Crippen LogP contribution >= 0.6 is 0 Å². The van der Waals surface area contributed by atoms with Crippen LogP contribution in [0.1, 0.15) is 79.6 Å². The molecule has 7 atom stereocenters. The van der Waals surface area contributed by atoms with Gasteiger partial charge in [0.25, 0.3) is 0 Å². The fourth-order valence-corrected chi connectivity index (χ4v) is 6.10. The van der Waals surface area contributed by atoms with E-state index in [1.54, 1.807) is 7.11 Å². The monoisotopic (exact) mass is 610 g/mol. The lowest BCUT2D eigenvalue weighted by atomic mass is 9.68. The highest BCUT2D eigenvalue weighted by molar-refractivity contribution is 5.77. The molecule has 3 rings (SSSR count). The van der Waals surface area contributed by atoms with E-state index in [0.717, 1.165) is 38.5 Å². The van der Waals surface area contributed by atoms with Gasteiger partial charge in [-0.25, -0.2) is 9.59 Å². The highest BCUT2D eigenvalue weighted by Gasteiger charge is 2.72. The van der Waals surface area contributed by atoms with Crippen LogP contribution in [-0.4, -0.2) is 93.6 Å². The van der Waals surface area contributed by atoms with Gasteiger partial charge in [-0.3, -0.25) is 4.79 Å². The van der Waals surface area contributed by atoms with Gasteiger partial charge in [-0.05, 0) is 58.8 Å². The zero-order valence-electron chi connectivity index (χ0n) is 26.9. The van der Waals surface area contributed by atoms with E-state index in [-0.39, 0.29) is 48.7 Å². The van der Waals surface area contributed by atoms with Gasteiger partial charge in [-0.1, -0.05) is 38.3 Å². The number of allylic oxidation sites excluding steroid dienone is 1. The van der Waals surface area contributed by atoms with Gasteiger partial charge < -0.3 is 45.4 Å². The molecule has 0 radical (unpaired) electrons. The topological polar surface area (TPSA) is 166 Å². The Morgan fingerprint density at radius 2 is 1.74 bits per heavy atom. The third kappa shape index (κ3) is 10.1. The first kappa shape index (κ1) is 35.1. The van der Waals surface area contributed by atoms with E-state index in [2.05, 4.69) is 42.8 Å². The summed E-state index contributed by atoms with van der Waals surface area (Å²) in [5, 5.41) is 8.37. The van der Waals surface area contributed by atoms with E-state index in [0.29, 0.717) is 26.1 Å². The molecule has 43 heavy (non-hydrogen) atoms. The summed E-state index contributed by atoms with van der Waals surface area (Å²) < 4.78 is 29.5. The summed E-state index contributed by atoms with van der Waals surface area (Å²) in [4.78, 5) is 36.4. The van der Waals surface area contributed by atoms with Crippen molar-refractivity contribution in [3.63, 3.8) is 0 Å². The van der Waals surface area contributed by atoms with Gasteiger partial charge in [-0.2, -0.15) is 0 Å². The molecule has 2 saturated heterocycles. The first-order valence-corrected chi connectivity index (χ1v) is 15.8. The number of hydrogen-bond acceptors (Lipinski definition) is 9. The molecular weight excluding hydrogens is 556 g/mol. The van der Waals surface area contributed by atoms with Gasteiger partial charge in [0.05, 0.1) is 31.2 Å². The van der Waals surface area contributed by atoms with Crippen LogP contribution in [0.3, 0.4) is 0 Å². The number of rotatable bonds is 17. The molecule has 0 bridgehead atoms. The number of methoxy groups -OCH3 is 1. The average molecular weight is 611 g/mol.